The number of hydrogen-bond acceptors (Lipinski definition) is 4. The summed E-state index contributed by atoms with van der Waals surface area (Å²) in [6.07, 6.45) is 0. The van der Waals surface area contributed by atoms with Crippen molar-refractivity contribution in [2.45, 2.75) is 6.54 Å². The lowest BCUT2D eigenvalue weighted by atomic mass is 10.2. The molecule has 0 atom stereocenters. The van der Waals surface area contributed by atoms with Gasteiger partial charge in [0.05, 0.1) is 13.2 Å². The van der Waals surface area contributed by atoms with Gasteiger partial charge in [-0.2, -0.15) is 0 Å². The van der Waals surface area contributed by atoms with Crippen LogP contribution in [-0.2, 0) is 11.3 Å². The second-order valence-corrected chi connectivity index (χ2v) is 4.34. The van der Waals surface area contributed by atoms with Crippen LogP contribution >= 0.6 is 15.9 Å². The SMILES string of the molecule is COCCn1c(-c2cccc(Br)c2)noc1=O. The van der Waals surface area contributed by atoms with Crippen molar-refractivity contribution < 1.29 is 9.26 Å². The van der Waals surface area contributed by atoms with E-state index in [4.69, 9.17) is 4.74 Å². The zero-order valence-electron chi connectivity index (χ0n) is 9.22. The Balaban J connectivity index is 2.42. The second-order valence-electron chi connectivity index (χ2n) is 3.43. The Hall–Kier alpha value is -1.40. The van der Waals surface area contributed by atoms with Crippen molar-refractivity contribution in [2.24, 2.45) is 0 Å². The molecule has 0 N–H and O–H groups in total. The Labute approximate surface area is 106 Å². The van der Waals surface area contributed by atoms with E-state index in [1.807, 2.05) is 24.3 Å². The quantitative estimate of drug-likeness (QED) is 0.865. The average Bonchev–Trinajstić information content (AvgIpc) is 2.68. The van der Waals surface area contributed by atoms with Gasteiger partial charge >= 0.3 is 5.76 Å². The first kappa shape index (κ1) is 12.1. The van der Waals surface area contributed by atoms with E-state index in [1.165, 1.54) is 4.57 Å². The standard InChI is InChI=1S/C11H11BrN2O3/c1-16-6-5-14-10(13-17-11(14)15)8-3-2-4-9(12)7-8/h2-4,7H,5-6H2,1H3. The van der Waals surface area contributed by atoms with Gasteiger partial charge in [-0.15, -0.1) is 0 Å². The molecule has 0 amide bonds. The van der Waals surface area contributed by atoms with E-state index in [0.29, 0.717) is 19.0 Å². The highest BCUT2D eigenvalue weighted by molar-refractivity contribution is 9.10. The molecule has 0 saturated heterocycles. The Morgan fingerprint density at radius 2 is 2.35 bits per heavy atom. The lowest BCUT2D eigenvalue weighted by Crippen LogP contribution is -2.18. The van der Waals surface area contributed by atoms with Gasteiger partial charge in [0, 0.05) is 17.1 Å². The fourth-order valence-corrected chi connectivity index (χ4v) is 1.88. The van der Waals surface area contributed by atoms with E-state index in [-0.39, 0.29) is 0 Å². The van der Waals surface area contributed by atoms with Gasteiger partial charge in [-0.3, -0.25) is 9.09 Å². The van der Waals surface area contributed by atoms with E-state index < -0.39 is 5.76 Å². The van der Waals surface area contributed by atoms with Crippen molar-refractivity contribution >= 4 is 15.9 Å². The van der Waals surface area contributed by atoms with Crippen LogP contribution in [-0.4, -0.2) is 23.4 Å². The summed E-state index contributed by atoms with van der Waals surface area (Å²) in [4.78, 5) is 11.5. The summed E-state index contributed by atoms with van der Waals surface area (Å²) < 4.78 is 12.0. The normalized spacial score (nSPS) is 10.7. The Bertz CT molecular complexity index is 562. The Morgan fingerprint density at radius 1 is 1.53 bits per heavy atom. The first-order valence-electron chi connectivity index (χ1n) is 5.04. The molecule has 0 bridgehead atoms. The van der Waals surface area contributed by atoms with E-state index >= 15 is 0 Å². The average molecular weight is 299 g/mol. The Kier molecular flexibility index (Phi) is 3.75. The fraction of sp³-hybridized carbons (Fsp3) is 0.273. The number of methoxy groups -OCH3 is 1. The fourth-order valence-electron chi connectivity index (χ4n) is 1.48. The minimum Gasteiger partial charge on any atom is -0.383 e. The molecule has 0 aliphatic heterocycles. The van der Waals surface area contributed by atoms with Gasteiger partial charge in [0.1, 0.15) is 0 Å². The molecule has 1 aromatic carbocycles. The monoisotopic (exact) mass is 298 g/mol. The molecule has 5 nitrogen and oxygen atoms in total. The highest BCUT2D eigenvalue weighted by atomic mass is 79.9. The first-order valence-corrected chi connectivity index (χ1v) is 5.83. The molecule has 2 aromatic rings. The molecular weight excluding hydrogens is 288 g/mol. The van der Waals surface area contributed by atoms with Crippen molar-refractivity contribution in [3.63, 3.8) is 0 Å². The molecule has 1 heterocycles. The molecule has 1 aromatic heterocycles. The van der Waals surface area contributed by atoms with Crippen molar-refractivity contribution in [2.75, 3.05) is 13.7 Å². The minimum atomic E-state index is -0.475. The molecule has 0 aliphatic rings. The van der Waals surface area contributed by atoms with E-state index in [1.54, 1.807) is 7.11 Å². The van der Waals surface area contributed by atoms with Gasteiger partial charge in [-0.1, -0.05) is 33.2 Å². The number of aromatic nitrogens is 2. The summed E-state index contributed by atoms with van der Waals surface area (Å²) in [5.41, 5.74) is 0.821. The molecule has 0 aliphatic carbocycles. The third kappa shape index (κ3) is 2.65. The van der Waals surface area contributed by atoms with Gasteiger partial charge in [0.15, 0.2) is 5.82 Å². The maximum atomic E-state index is 11.5. The summed E-state index contributed by atoms with van der Waals surface area (Å²) in [6, 6.07) is 7.52. The summed E-state index contributed by atoms with van der Waals surface area (Å²) in [7, 11) is 1.58. The molecule has 0 saturated carbocycles. The van der Waals surface area contributed by atoms with Crippen LogP contribution in [0.25, 0.3) is 11.4 Å². The second kappa shape index (κ2) is 5.29. The number of ether oxygens (including phenoxy) is 1. The van der Waals surface area contributed by atoms with Crippen LogP contribution in [0.15, 0.2) is 38.1 Å². The van der Waals surface area contributed by atoms with Gasteiger partial charge in [0.2, 0.25) is 0 Å². The molecule has 6 heteroatoms. The number of benzene rings is 1. The predicted octanol–water partition coefficient (Wildman–Crippen LogP) is 1.91. The summed E-state index contributed by atoms with van der Waals surface area (Å²) in [5, 5.41) is 3.78. The van der Waals surface area contributed by atoms with Crippen LogP contribution in [0.4, 0.5) is 0 Å². The summed E-state index contributed by atoms with van der Waals surface area (Å²) in [5.74, 6) is 0.0328. The smallest absolute Gasteiger partial charge is 0.383 e. The highest BCUT2D eigenvalue weighted by Gasteiger charge is 2.12. The number of rotatable bonds is 4. The number of nitrogens with zero attached hydrogens (tertiary/aromatic N) is 2. The predicted molar refractivity (Wildman–Crippen MR) is 65.8 cm³/mol. The van der Waals surface area contributed by atoms with Crippen LogP contribution in [0.1, 0.15) is 0 Å². The molecular formula is C11H11BrN2O3. The lowest BCUT2D eigenvalue weighted by Gasteiger charge is -2.03. The molecule has 0 spiro atoms. The summed E-state index contributed by atoms with van der Waals surface area (Å²) >= 11 is 3.37. The van der Waals surface area contributed by atoms with E-state index in [0.717, 1.165) is 10.0 Å². The van der Waals surface area contributed by atoms with Crippen molar-refractivity contribution in [1.29, 1.82) is 0 Å². The third-order valence-corrected chi connectivity index (χ3v) is 2.78. The molecule has 0 fully saturated rings. The summed E-state index contributed by atoms with van der Waals surface area (Å²) in [6.45, 7) is 0.850. The minimum absolute atomic E-state index is 0.417. The molecule has 0 radical (unpaired) electrons. The van der Waals surface area contributed by atoms with E-state index in [9.17, 15) is 4.79 Å². The third-order valence-electron chi connectivity index (χ3n) is 2.29. The lowest BCUT2D eigenvalue weighted by molar-refractivity contribution is 0.185. The van der Waals surface area contributed by atoms with Gasteiger partial charge in [-0.05, 0) is 12.1 Å². The van der Waals surface area contributed by atoms with Gasteiger partial charge < -0.3 is 4.74 Å². The van der Waals surface area contributed by atoms with Gasteiger partial charge in [0.25, 0.3) is 0 Å². The molecule has 0 unspecified atom stereocenters. The zero-order chi connectivity index (χ0) is 12.3. The van der Waals surface area contributed by atoms with Gasteiger partial charge in [-0.25, -0.2) is 4.79 Å². The molecule has 90 valence electrons. The van der Waals surface area contributed by atoms with Crippen LogP contribution in [0.3, 0.4) is 0 Å². The van der Waals surface area contributed by atoms with Crippen molar-refractivity contribution in [3.8, 4) is 11.4 Å². The van der Waals surface area contributed by atoms with Crippen LogP contribution in [0.5, 0.6) is 0 Å². The number of hydrogen-bond donors (Lipinski definition) is 0. The van der Waals surface area contributed by atoms with Crippen LogP contribution in [0, 0.1) is 0 Å². The zero-order valence-corrected chi connectivity index (χ0v) is 10.8. The first-order chi connectivity index (χ1) is 8.22. The molecule has 17 heavy (non-hydrogen) atoms. The van der Waals surface area contributed by atoms with Crippen molar-refractivity contribution in [1.82, 2.24) is 9.72 Å². The maximum Gasteiger partial charge on any atom is 0.441 e. The maximum absolute atomic E-state index is 11.5. The van der Waals surface area contributed by atoms with E-state index in [2.05, 4.69) is 25.6 Å². The highest BCUT2D eigenvalue weighted by Crippen LogP contribution is 2.20. The number of halogens is 1. The van der Waals surface area contributed by atoms with Crippen LogP contribution in [0.2, 0.25) is 0 Å². The topological polar surface area (TPSA) is 57.3 Å². The molecule has 2 rings (SSSR count). The van der Waals surface area contributed by atoms with Crippen molar-refractivity contribution in [3.05, 3.63) is 39.3 Å². The largest absolute Gasteiger partial charge is 0.441 e. The Morgan fingerprint density at radius 3 is 3.06 bits per heavy atom. The van der Waals surface area contributed by atoms with Crippen LogP contribution < -0.4 is 5.76 Å².